The largest absolute Gasteiger partial charge is 0.451 e. The predicted molar refractivity (Wildman–Crippen MR) is 132 cm³/mol. The van der Waals surface area contributed by atoms with Crippen LogP contribution in [0.5, 0.6) is 0 Å². The molecule has 1 fully saturated rings. The maximum atomic E-state index is 12.9. The minimum absolute atomic E-state index is 0.0101. The fraction of sp³-hybridized carbons (Fsp3) is 0.280. The van der Waals surface area contributed by atoms with Crippen molar-refractivity contribution in [1.82, 2.24) is 4.90 Å². The second-order valence-corrected chi connectivity index (χ2v) is 9.07. The van der Waals surface area contributed by atoms with Crippen LogP contribution in [-0.4, -0.2) is 42.9 Å². The molecule has 4 rings (SSSR count). The number of benzene rings is 2. The van der Waals surface area contributed by atoms with Crippen molar-refractivity contribution in [3.05, 3.63) is 70.4 Å². The third-order valence-corrected chi connectivity index (χ3v) is 6.15. The van der Waals surface area contributed by atoms with Gasteiger partial charge in [0.25, 0.3) is 5.91 Å². The molecule has 6 nitrogen and oxygen atoms in total. The zero-order valence-corrected chi connectivity index (χ0v) is 20.0. The van der Waals surface area contributed by atoms with Crippen LogP contribution in [-0.2, 0) is 4.79 Å². The molecule has 0 bridgehead atoms. The zero-order chi connectivity index (χ0) is 23.5. The summed E-state index contributed by atoms with van der Waals surface area (Å²) in [6.07, 6.45) is 0. The van der Waals surface area contributed by atoms with Crippen LogP contribution in [0.4, 0.5) is 11.4 Å². The van der Waals surface area contributed by atoms with E-state index in [4.69, 9.17) is 27.6 Å². The van der Waals surface area contributed by atoms with E-state index >= 15 is 0 Å². The Hall–Kier alpha value is -2.96. The van der Waals surface area contributed by atoms with Gasteiger partial charge < -0.3 is 19.5 Å². The number of furan rings is 1. The molecule has 1 aliphatic rings. The van der Waals surface area contributed by atoms with Crippen molar-refractivity contribution in [3.8, 4) is 11.3 Å². The summed E-state index contributed by atoms with van der Waals surface area (Å²) in [5.74, 6) is 0.473. The van der Waals surface area contributed by atoms with Crippen LogP contribution in [0.25, 0.3) is 11.3 Å². The van der Waals surface area contributed by atoms with Crippen molar-refractivity contribution >= 4 is 46.4 Å². The van der Waals surface area contributed by atoms with Crippen molar-refractivity contribution in [2.24, 2.45) is 5.92 Å². The quantitative estimate of drug-likeness (QED) is 0.494. The number of hydrogen-bond acceptors (Lipinski definition) is 4. The van der Waals surface area contributed by atoms with Gasteiger partial charge in [-0.2, -0.15) is 0 Å². The Morgan fingerprint density at radius 1 is 0.970 bits per heavy atom. The topological polar surface area (TPSA) is 65.8 Å². The fourth-order valence-electron chi connectivity index (χ4n) is 3.87. The van der Waals surface area contributed by atoms with E-state index in [1.54, 1.807) is 30.3 Å². The minimum atomic E-state index is -0.354. The number of rotatable bonds is 5. The van der Waals surface area contributed by atoms with Gasteiger partial charge >= 0.3 is 0 Å². The van der Waals surface area contributed by atoms with Gasteiger partial charge in [-0.15, -0.1) is 0 Å². The number of carbonyl (C=O) groups is 2. The van der Waals surface area contributed by atoms with Gasteiger partial charge in [0, 0.05) is 42.7 Å². The fourth-order valence-corrected chi connectivity index (χ4v) is 4.37. The molecule has 3 aromatic rings. The first kappa shape index (κ1) is 23.2. The second-order valence-electron chi connectivity index (χ2n) is 8.23. The van der Waals surface area contributed by atoms with E-state index in [1.807, 2.05) is 43.0 Å². The number of nitrogens with one attached hydrogen (secondary N) is 1. The van der Waals surface area contributed by atoms with Crippen LogP contribution in [0.15, 0.2) is 59.0 Å². The highest BCUT2D eigenvalue weighted by molar-refractivity contribution is 6.36. The smallest absolute Gasteiger partial charge is 0.291 e. The molecule has 1 N–H and O–H groups in total. The van der Waals surface area contributed by atoms with Crippen LogP contribution < -0.4 is 10.2 Å². The molecule has 33 heavy (non-hydrogen) atoms. The van der Waals surface area contributed by atoms with E-state index in [0.29, 0.717) is 53.2 Å². The lowest BCUT2D eigenvalue weighted by molar-refractivity contribution is -0.134. The van der Waals surface area contributed by atoms with Crippen molar-refractivity contribution in [3.63, 3.8) is 0 Å². The Kier molecular flexibility index (Phi) is 6.96. The van der Waals surface area contributed by atoms with Crippen molar-refractivity contribution in [1.29, 1.82) is 0 Å². The first-order valence-corrected chi connectivity index (χ1v) is 11.6. The van der Waals surface area contributed by atoms with Gasteiger partial charge in [0.1, 0.15) is 5.76 Å². The molecule has 0 radical (unpaired) electrons. The van der Waals surface area contributed by atoms with Crippen molar-refractivity contribution < 1.29 is 14.0 Å². The van der Waals surface area contributed by atoms with E-state index < -0.39 is 0 Å². The van der Waals surface area contributed by atoms with E-state index in [2.05, 4.69) is 10.2 Å². The van der Waals surface area contributed by atoms with E-state index in [1.165, 1.54) is 0 Å². The second kappa shape index (κ2) is 9.89. The van der Waals surface area contributed by atoms with E-state index in [0.717, 1.165) is 5.69 Å². The third kappa shape index (κ3) is 5.18. The highest BCUT2D eigenvalue weighted by atomic mass is 35.5. The lowest BCUT2D eigenvalue weighted by atomic mass is 10.1. The highest BCUT2D eigenvalue weighted by Crippen LogP contribution is 2.32. The van der Waals surface area contributed by atoms with E-state index in [-0.39, 0.29) is 23.5 Å². The maximum absolute atomic E-state index is 12.9. The predicted octanol–water partition coefficient (Wildman–Crippen LogP) is 5.81. The van der Waals surface area contributed by atoms with Crippen LogP contribution in [0, 0.1) is 5.92 Å². The Morgan fingerprint density at radius 2 is 1.70 bits per heavy atom. The number of anilines is 2. The monoisotopic (exact) mass is 485 g/mol. The van der Waals surface area contributed by atoms with Crippen LogP contribution in [0.1, 0.15) is 24.4 Å². The first-order valence-electron chi connectivity index (χ1n) is 10.8. The molecule has 2 aromatic carbocycles. The maximum Gasteiger partial charge on any atom is 0.291 e. The van der Waals surface area contributed by atoms with Gasteiger partial charge in [-0.3, -0.25) is 9.59 Å². The van der Waals surface area contributed by atoms with Crippen LogP contribution in [0.3, 0.4) is 0 Å². The summed E-state index contributed by atoms with van der Waals surface area (Å²) in [6, 6.07) is 16.1. The van der Waals surface area contributed by atoms with Gasteiger partial charge in [0.2, 0.25) is 5.91 Å². The van der Waals surface area contributed by atoms with Gasteiger partial charge in [0.05, 0.1) is 16.4 Å². The lowest BCUT2D eigenvalue weighted by Crippen LogP contribution is -2.50. The van der Waals surface area contributed by atoms with Gasteiger partial charge in [-0.05, 0) is 42.5 Å². The zero-order valence-electron chi connectivity index (χ0n) is 18.5. The molecule has 1 saturated heterocycles. The molecular weight excluding hydrogens is 461 g/mol. The number of para-hydroxylation sites is 2. The molecular formula is C25H25Cl2N3O3. The Bertz CT molecular complexity index is 1170. The molecule has 0 atom stereocenters. The molecule has 0 unspecified atom stereocenters. The summed E-state index contributed by atoms with van der Waals surface area (Å²) < 4.78 is 5.78. The Labute approximate surface area is 203 Å². The summed E-state index contributed by atoms with van der Waals surface area (Å²) in [4.78, 5) is 29.3. The molecule has 172 valence electrons. The molecule has 1 aliphatic heterocycles. The number of carbonyl (C=O) groups excluding carboxylic acids is 2. The summed E-state index contributed by atoms with van der Waals surface area (Å²) in [6.45, 7) is 6.54. The Morgan fingerprint density at radius 3 is 2.39 bits per heavy atom. The molecule has 2 heterocycles. The number of hydrogen-bond donors (Lipinski definition) is 1. The molecule has 2 amide bonds. The Balaban J connectivity index is 1.47. The molecule has 0 aliphatic carbocycles. The third-order valence-electron chi connectivity index (χ3n) is 5.60. The number of halogens is 2. The number of amides is 2. The molecule has 1 aromatic heterocycles. The summed E-state index contributed by atoms with van der Waals surface area (Å²) in [5, 5.41) is 3.93. The molecule has 0 saturated carbocycles. The summed E-state index contributed by atoms with van der Waals surface area (Å²) >= 11 is 12.2. The van der Waals surface area contributed by atoms with Gasteiger partial charge in [0.15, 0.2) is 5.76 Å². The lowest BCUT2D eigenvalue weighted by Gasteiger charge is -2.37. The van der Waals surface area contributed by atoms with Crippen LogP contribution in [0.2, 0.25) is 10.0 Å². The van der Waals surface area contributed by atoms with E-state index in [9.17, 15) is 9.59 Å². The van der Waals surface area contributed by atoms with Crippen molar-refractivity contribution in [2.45, 2.75) is 13.8 Å². The van der Waals surface area contributed by atoms with Crippen LogP contribution >= 0.6 is 23.2 Å². The standard InChI is InChI=1S/C25H25Cl2N3O3/c1-16(2)25(32)30-13-11-29(12-14-30)21-6-4-3-5-20(21)28-24(31)23-10-9-22(33-23)18-8-7-17(26)15-19(18)27/h3-10,15-16H,11-14H2,1-2H3,(H,28,31). The number of piperazine rings is 1. The van der Waals surface area contributed by atoms with Gasteiger partial charge in [-0.1, -0.05) is 49.2 Å². The number of nitrogens with zero attached hydrogens (tertiary/aromatic N) is 2. The van der Waals surface area contributed by atoms with Gasteiger partial charge in [-0.25, -0.2) is 0 Å². The highest BCUT2D eigenvalue weighted by Gasteiger charge is 2.24. The average Bonchev–Trinajstić information content (AvgIpc) is 3.29. The minimum Gasteiger partial charge on any atom is -0.451 e. The summed E-state index contributed by atoms with van der Waals surface area (Å²) in [5.41, 5.74) is 2.26. The normalized spacial score (nSPS) is 14.0. The summed E-state index contributed by atoms with van der Waals surface area (Å²) in [7, 11) is 0. The van der Waals surface area contributed by atoms with Crippen molar-refractivity contribution in [2.75, 3.05) is 36.4 Å². The molecule has 8 heteroatoms. The SMILES string of the molecule is CC(C)C(=O)N1CCN(c2ccccc2NC(=O)c2ccc(-c3ccc(Cl)cc3Cl)o2)CC1. The average molecular weight is 486 g/mol. The first-order chi connectivity index (χ1) is 15.8. The molecule has 0 spiro atoms.